The van der Waals surface area contributed by atoms with Gasteiger partial charge in [-0.2, -0.15) is 0 Å². The van der Waals surface area contributed by atoms with Crippen molar-refractivity contribution >= 4 is 21.7 Å². The summed E-state index contributed by atoms with van der Waals surface area (Å²) in [6.45, 7) is 3.58. The average molecular weight is 627 g/mol. The second kappa shape index (κ2) is 15.2. The molecule has 6 atom stereocenters. The second-order valence-corrected chi connectivity index (χ2v) is 14.3. The molecule has 5 heteroatoms. The number of fused-ring (bicyclic) bond motifs is 1. The fourth-order valence-electron chi connectivity index (χ4n) is 8.33. The van der Waals surface area contributed by atoms with Crippen molar-refractivity contribution in [3.8, 4) is 5.75 Å². The predicted octanol–water partition coefficient (Wildman–Crippen LogP) is 8.31. The molecule has 2 aliphatic carbocycles. The minimum atomic E-state index is -0.137. The van der Waals surface area contributed by atoms with Crippen LogP contribution in [0, 0.1) is 29.1 Å². The fourth-order valence-corrected chi connectivity index (χ4v) is 8.59. The van der Waals surface area contributed by atoms with Gasteiger partial charge in [-0.1, -0.05) is 72.8 Å². The minimum absolute atomic E-state index is 0.137. The number of Topliss-reactive ketones (excluding diaryl/α,β-unsaturated/α-hetero) is 1. The maximum atomic E-state index is 13.5. The molecule has 2 aliphatic rings. The van der Waals surface area contributed by atoms with Gasteiger partial charge in [0.05, 0.1) is 13.7 Å². The standard InChI is InChI=1S/C36H52BrNO3/c1-26-9-5-6-11-28(34(40)14-7-10-27-15-21-31(41-4)22-16-27)12-8-13-32-33(26)23-36(25-39,24-38(2)3)35(32)29-17-19-30(37)20-18-29/h15-22,26,28,32-33,35,39H,5-14,23-25H2,1-4H3/t26?,28?,32-,33?,35-,36-/m1/s1. The topological polar surface area (TPSA) is 49.8 Å². The number of nitrogens with zero attached hydrogens (tertiary/aromatic N) is 1. The molecule has 0 bridgehead atoms. The Bertz CT molecular complexity index is 1090. The van der Waals surface area contributed by atoms with Gasteiger partial charge < -0.3 is 14.7 Å². The number of ether oxygens (including phenoxy) is 1. The third-order valence-corrected chi connectivity index (χ3v) is 10.8. The largest absolute Gasteiger partial charge is 0.497 e. The summed E-state index contributed by atoms with van der Waals surface area (Å²) in [5, 5.41) is 11.0. The number of halogens is 1. The summed E-state index contributed by atoms with van der Waals surface area (Å²) in [6, 6.07) is 17.1. The van der Waals surface area contributed by atoms with Crippen molar-refractivity contribution in [1.82, 2.24) is 4.90 Å². The van der Waals surface area contributed by atoms with E-state index in [1.54, 1.807) is 7.11 Å². The number of aryl methyl sites for hydroxylation is 1. The number of carbonyl (C=O) groups is 1. The number of benzene rings is 2. The first-order valence-electron chi connectivity index (χ1n) is 15.9. The third kappa shape index (κ3) is 8.24. The highest BCUT2D eigenvalue weighted by molar-refractivity contribution is 9.10. The van der Waals surface area contributed by atoms with Crippen molar-refractivity contribution in [2.24, 2.45) is 29.1 Å². The molecular formula is C36H52BrNO3. The molecule has 0 heterocycles. The Balaban J connectivity index is 1.47. The molecule has 2 saturated carbocycles. The van der Waals surface area contributed by atoms with Gasteiger partial charge >= 0.3 is 0 Å². The molecule has 0 amide bonds. The summed E-state index contributed by atoms with van der Waals surface area (Å²) >= 11 is 3.63. The molecule has 0 saturated heterocycles. The van der Waals surface area contributed by atoms with Crippen molar-refractivity contribution < 1.29 is 14.6 Å². The van der Waals surface area contributed by atoms with E-state index in [2.05, 4.69) is 78.2 Å². The number of ketones is 1. The lowest BCUT2D eigenvalue weighted by molar-refractivity contribution is -0.123. The number of hydrogen-bond acceptors (Lipinski definition) is 4. The van der Waals surface area contributed by atoms with Crippen LogP contribution >= 0.6 is 15.9 Å². The van der Waals surface area contributed by atoms with E-state index in [9.17, 15) is 9.90 Å². The van der Waals surface area contributed by atoms with Gasteiger partial charge in [0.1, 0.15) is 11.5 Å². The molecule has 0 aliphatic heterocycles. The van der Waals surface area contributed by atoms with E-state index in [-0.39, 0.29) is 17.9 Å². The Labute approximate surface area is 257 Å². The smallest absolute Gasteiger partial charge is 0.135 e. The lowest BCUT2D eigenvalue weighted by Gasteiger charge is -2.38. The number of carbonyl (C=O) groups excluding carboxylic acids is 1. The maximum Gasteiger partial charge on any atom is 0.135 e. The van der Waals surface area contributed by atoms with E-state index in [0.717, 1.165) is 68.1 Å². The van der Waals surface area contributed by atoms with E-state index in [0.29, 0.717) is 35.9 Å². The zero-order valence-corrected chi connectivity index (χ0v) is 27.4. The quantitative estimate of drug-likeness (QED) is 0.288. The van der Waals surface area contributed by atoms with Crippen molar-refractivity contribution in [2.45, 2.75) is 83.5 Å². The van der Waals surface area contributed by atoms with Crippen LogP contribution in [0.3, 0.4) is 0 Å². The third-order valence-electron chi connectivity index (χ3n) is 10.2. The van der Waals surface area contributed by atoms with Crippen molar-refractivity contribution in [2.75, 3.05) is 34.4 Å². The van der Waals surface area contributed by atoms with Crippen molar-refractivity contribution in [3.05, 3.63) is 64.1 Å². The first kappa shape index (κ1) is 32.2. The summed E-state index contributed by atoms with van der Waals surface area (Å²) < 4.78 is 6.37. The lowest BCUT2D eigenvalue weighted by atomic mass is 9.70. The van der Waals surface area contributed by atoms with Crippen LogP contribution in [-0.2, 0) is 11.2 Å². The van der Waals surface area contributed by atoms with Gasteiger partial charge in [0, 0.05) is 28.8 Å². The molecule has 4 rings (SSSR count). The van der Waals surface area contributed by atoms with Gasteiger partial charge in [0.15, 0.2) is 0 Å². The van der Waals surface area contributed by atoms with E-state index in [1.807, 2.05) is 12.1 Å². The molecule has 41 heavy (non-hydrogen) atoms. The van der Waals surface area contributed by atoms with Crippen LogP contribution < -0.4 is 4.74 Å². The molecule has 2 aromatic rings. The summed E-state index contributed by atoms with van der Waals surface area (Å²) in [6.07, 6.45) is 11.5. The lowest BCUT2D eigenvalue weighted by Crippen LogP contribution is -2.40. The maximum absolute atomic E-state index is 13.5. The predicted molar refractivity (Wildman–Crippen MR) is 172 cm³/mol. The molecule has 0 radical (unpaired) electrons. The molecule has 226 valence electrons. The van der Waals surface area contributed by atoms with Gasteiger partial charge in [-0.25, -0.2) is 0 Å². The number of aliphatic hydroxyl groups is 1. The Morgan fingerprint density at radius 2 is 1.66 bits per heavy atom. The van der Waals surface area contributed by atoms with Gasteiger partial charge in [0.2, 0.25) is 0 Å². The molecule has 3 unspecified atom stereocenters. The molecule has 1 N–H and O–H groups in total. The zero-order chi connectivity index (χ0) is 29.4. The van der Waals surface area contributed by atoms with E-state index < -0.39 is 0 Å². The number of methoxy groups -OCH3 is 1. The highest BCUT2D eigenvalue weighted by atomic mass is 79.9. The molecular weight excluding hydrogens is 574 g/mol. The summed E-state index contributed by atoms with van der Waals surface area (Å²) in [5.41, 5.74) is 2.50. The van der Waals surface area contributed by atoms with E-state index >= 15 is 0 Å². The first-order chi connectivity index (χ1) is 19.8. The van der Waals surface area contributed by atoms with Crippen molar-refractivity contribution in [1.29, 1.82) is 0 Å². The fraction of sp³-hybridized carbons (Fsp3) is 0.639. The van der Waals surface area contributed by atoms with Crippen LogP contribution in [0.1, 0.15) is 88.2 Å². The average Bonchev–Trinajstić information content (AvgIpc) is 3.26. The SMILES string of the molecule is COc1ccc(CCCC(=O)C2CCCCC(C)C3C[C@](CO)(CN(C)C)[C@H](c4ccc(Br)cc4)[C@@H]3CCC2)cc1. The summed E-state index contributed by atoms with van der Waals surface area (Å²) in [4.78, 5) is 15.7. The summed E-state index contributed by atoms with van der Waals surface area (Å²) in [5.74, 6) is 3.63. The molecule has 0 aromatic heterocycles. The molecule has 0 spiro atoms. The Kier molecular flexibility index (Phi) is 11.9. The Morgan fingerprint density at radius 1 is 0.976 bits per heavy atom. The van der Waals surface area contributed by atoms with Crippen LogP contribution in [0.4, 0.5) is 0 Å². The molecule has 4 nitrogen and oxygen atoms in total. The number of hydrogen-bond donors (Lipinski definition) is 1. The zero-order valence-electron chi connectivity index (χ0n) is 25.8. The van der Waals surface area contributed by atoms with Gasteiger partial charge in [-0.3, -0.25) is 4.79 Å². The van der Waals surface area contributed by atoms with Gasteiger partial charge in [0.25, 0.3) is 0 Å². The van der Waals surface area contributed by atoms with Crippen LogP contribution in [-0.4, -0.2) is 50.1 Å². The van der Waals surface area contributed by atoms with Crippen molar-refractivity contribution in [3.63, 3.8) is 0 Å². The highest BCUT2D eigenvalue weighted by Crippen LogP contribution is 2.60. The Morgan fingerprint density at radius 3 is 2.32 bits per heavy atom. The van der Waals surface area contributed by atoms with E-state index in [1.165, 1.54) is 24.0 Å². The van der Waals surface area contributed by atoms with Gasteiger partial charge in [-0.15, -0.1) is 0 Å². The molecule has 2 aromatic carbocycles. The van der Waals surface area contributed by atoms with Crippen LogP contribution in [0.15, 0.2) is 53.0 Å². The first-order valence-corrected chi connectivity index (χ1v) is 16.7. The number of aliphatic hydroxyl groups excluding tert-OH is 1. The van der Waals surface area contributed by atoms with Crippen LogP contribution in [0.5, 0.6) is 5.75 Å². The summed E-state index contributed by atoms with van der Waals surface area (Å²) in [7, 11) is 5.98. The van der Waals surface area contributed by atoms with Crippen LogP contribution in [0.25, 0.3) is 0 Å². The minimum Gasteiger partial charge on any atom is -0.497 e. The normalized spacial score (nSPS) is 29.1. The number of rotatable bonds is 10. The highest BCUT2D eigenvalue weighted by Gasteiger charge is 2.54. The monoisotopic (exact) mass is 625 g/mol. The van der Waals surface area contributed by atoms with Gasteiger partial charge in [-0.05, 0) is 112 Å². The molecule has 2 fully saturated rings. The Hall–Kier alpha value is -1.69. The van der Waals surface area contributed by atoms with Crippen LogP contribution in [0.2, 0.25) is 0 Å². The van der Waals surface area contributed by atoms with E-state index in [4.69, 9.17) is 4.74 Å². The second-order valence-electron chi connectivity index (χ2n) is 13.4.